The van der Waals surface area contributed by atoms with E-state index in [1.807, 2.05) is 18.0 Å². The van der Waals surface area contributed by atoms with Crippen LogP contribution in [0.25, 0.3) is 0 Å². The number of carbonyl (C=O) groups is 2. The van der Waals surface area contributed by atoms with Crippen molar-refractivity contribution >= 4 is 23.5 Å². The lowest BCUT2D eigenvalue weighted by atomic mass is 10.0. The van der Waals surface area contributed by atoms with Gasteiger partial charge in [0.05, 0.1) is 18.2 Å². The van der Waals surface area contributed by atoms with Gasteiger partial charge in [0.25, 0.3) is 0 Å². The fraction of sp³-hybridized carbons (Fsp3) is 0.474. The quantitative estimate of drug-likeness (QED) is 0.553. The smallest absolute Gasteiger partial charge is 0.328 e. The SMILES string of the molecule is C=CCOc1ccc(C[C@H](NC(=O)[C@@H]2CCCN2C)C(=O)OC)cc1Cl. The average Bonchev–Trinajstić information content (AvgIpc) is 3.05. The summed E-state index contributed by atoms with van der Waals surface area (Å²) < 4.78 is 10.3. The number of halogens is 1. The number of methoxy groups -OCH3 is 1. The highest BCUT2D eigenvalue weighted by atomic mass is 35.5. The lowest BCUT2D eigenvalue weighted by Crippen LogP contribution is -2.49. The van der Waals surface area contributed by atoms with Crippen LogP contribution in [-0.2, 0) is 20.7 Å². The first kappa shape index (κ1) is 20.3. The van der Waals surface area contributed by atoms with Crippen molar-refractivity contribution < 1.29 is 19.1 Å². The summed E-state index contributed by atoms with van der Waals surface area (Å²) >= 11 is 6.22. The lowest BCUT2D eigenvalue weighted by molar-refractivity contribution is -0.145. The van der Waals surface area contributed by atoms with E-state index in [2.05, 4.69) is 11.9 Å². The van der Waals surface area contributed by atoms with E-state index in [0.29, 0.717) is 17.4 Å². The molecule has 0 spiro atoms. The molecule has 1 fully saturated rings. The number of rotatable bonds is 8. The normalized spacial score (nSPS) is 18.2. The molecule has 6 nitrogen and oxygen atoms in total. The number of carbonyl (C=O) groups excluding carboxylic acids is 2. The van der Waals surface area contributed by atoms with Crippen LogP contribution in [0.3, 0.4) is 0 Å². The van der Waals surface area contributed by atoms with Crippen LogP contribution in [-0.4, -0.2) is 56.2 Å². The summed E-state index contributed by atoms with van der Waals surface area (Å²) in [6.07, 6.45) is 3.68. The molecule has 0 aromatic heterocycles. The van der Waals surface area contributed by atoms with E-state index in [-0.39, 0.29) is 18.4 Å². The molecule has 1 amide bonds. The first-order valence-corrected chi connectivity index (χ1v) is 8.94. The molecule has 1 saturated heterocycles. The van der Waals surface area contributed by atoms with Crippen molar-refractivity contribution in [2.24, 2.45) is 0 Å². The molecule has 0 saturated carbocycles. The molecule has 0 aliphatic carbocycles. The van der Waals surface area contributed by atoms with Crippen molar-refractivity contribution in [1.29, 1.82) is 0 Å². The minimum absolute atomic E-state index is 0.155. The summed E-state index contributed by atoms with van der Waals surface area (Å²) in [6.45, 7) is 4.83. The molecule has 1 aliphatic rings. The maximum atomic E-state index is 12.5. The molecule has 7 heteroatoms. The Morgan fingerprint density at radius 1 is 1.50 bits per heavy atom. The van der Waals surface area contributed by atoms with Crippen molar-refractivity contribution in [2.75, 3.05) is 27.3 Å². The number of amides is 1. The number of likely N-dealkylation sites (tertiary alicyclic amines) is 1. The standard InChI is InChI=1S/C19H25ClN2O4/c1-4-10-26-17-8-7-13(11-14(17)20)12-15(19(24)25-3)21-18(23)16-6-5-9-22(16)2/h4,7-8,11,15-16H,1,5-6,9-10,12H2,2-3H3,(H,21,23)/t15-,16-/m0/s1. The van der Waals surface area contributed by atoms with Crippen LogP contribution in [0.15, 0.2) is 30.9 Å². The highest BCUT2D eigenvalue weighted by Crippen LogP contribution is 2.26. The Morgan fingerprint density at radius 3 is 2.85 bits per heavy atom. The highest BCUT2D eigenvalue weighted by molar-refractivity contribution is 6.32. The van der Waals surface area contributed by atoms with Crippen LogP contribution in [0.5, 0.6) is 5.75 Å². The van der Waals surface area contributed by atoms with E-state index in [9.17, 15) is 9.59 Å². The molecule has 2 rings (SSSR count). The van der Waals surface area contributed by atoms with E-state index in [4.69, 9.17) is 21.1 Å². The largest absolute Gasteiger partial charge is 0.488 e. The van der Waals surface area contributed by atoms with Crippen LogP contribution >= 0.6 is 11.6 Å². The summed E-state index contributed by atoms with van der Waals surface area (Å²) in [6, 6.07) is 4.30. The summed E-state index contributed by atoms with van der Waals surface area (Å²) in [4.78, 5) is 26.6. The summed E-state index contributed by atoms with van der Waals surface area (Å²) in [5, 5.41) is 3.25. The topological polar surface area (TPSA) is 67.9 Å². The second kappa shape index (κ2) is 9.59. The van der Waals surface area contributed by atoms with Gasteiger partial charge in [-0.15, -0.1) is 0 Å². The zero-order chi connectivity index (χ0) is 19.1. The number of nitrogens with one attached hydrogen (secondary N) is 1. The Balaban J connectivity index is 2.07. The van der Waals surface area contributed by atoms with Crippen LogP contribution in [0.1, 0.15) is 18.4 Å². The van der Waals surface area contributed by atoms with E-state index >= 15 is 0 Å². The zero-order valence-electron chi connectivity index (χ0n) is 15.2. The molecule has 0 bridgehead atoms. The van der Waals surface area contributed by atoms with Gasteiger partial charge < -0.3 is 14.8 Å². The van der Waals surface area contributed by atoms with Gasteiger partial charge in [-0.25, -0.2) is 4.79 Å². The molecule has 142 valence electrons. The third-order valence-corrected chi connectivity index (χ3v) is 4.71. The average molecular weight is 381 g/mol. The first-order valence-electron chi connectivity index (χ1n) is 8.56. The molecule has 1 aromatic rings. The van der Waals surface area contributed by atoms with Gasteiger partial charge in [0, 0.05) is 6.42 Å². The van der Waals surface area contributed by atoms with Gasteiger partial charge in [-0.2, -0.15) is 0 Å². The lowest BCUT2D eigenvalue weighted by Gasteiger charge is -2.23. The molecule has 1 N–H and O–H groups in total. The summed E-state index contributed by atoms with van der Waals surface area (Å²) in [5.74, 6) is -0.0962. The predicted octanol–water partition coefficient (Wildman–Crippen LogP) is 2.20. The fourth-order valence-electron chi connectivity index (χ4n) is 3.02. The second-order valence-corrected chi connectivity index (χ2v) is 6.70. The Morgan fingerprint density at radius 2 is 2.27 bits per heavy atom. The van der Waals surface area contributed by atoms with E-state index in [1.54, 1.807) is 18.2 Å². The maximum Gasteiger partial charge on any atom is 0.328 e. The number of hydrogen-bond acceptors (Lipinski definition) is 5. The van der Waals surface area contributed by atoms with Crippen LogP contribution in [0, 0.1) is 0 Å². The van der Waals surface area contributed by atoms with E-state index in [1.165, 1.54) is 7.11 Å². The van der Waals surface area contributed by atoms with Crippen LogP contribution < -0.4 is 10.1 Å². The minimum atomic E-state index is -0.766. The molecule has 1 aliphatic heterocycles. The van der Waals surface area contributed by atoms with Gasteiger partial charge in [-0.1, -0.05) is 30.3 Å². The number of hydrogen-bond donors (Lipinski definition) is 1. The number of ether oxygens (including phenoxy) is 2. The summed E-state index contributed by atoms with van der Waals surface area (Å²) in [5.41, 5.74) is 0.802. The number of nitrogens with zero attached hydrogens (tertiary/aromatic N) is 1. The molecule has 26 heavy (non-hydrogen) atoms. The molecule has 1 aromatic carbocycles. The van der Waals surface area contributed by atoms with E-state index in [0.717, 1.165) is 24.9 Å². The Labute approximate surface area is 159 Å². The van der Waals surface area contributed by atoms with Gasteiger partial charge in [0.2, 0.25) is 5.91 Å². The van der Waals surface area contributed by atoms with Gasteiger partial charge in [-0.3, -0.25) is 9.69 Å². The van der Waals surface area contributed by atoms with E-state index < -0.39 is 12.0 Å². The van der Waals surface area contributed by atoms with Crippen LogP contribution in [0.2, 0.25) is 5.02 Å². The summed E-state index contributed by atoms with van der Waals surface area (Å²) in [7, 11) is 3.22. The van der Waals surface area contributed by atoms with Crippen LogP contribution in [0.4, 0.5) is 0 Å². The Kier molecular flexibility index (Phi) is 7.48. The third kappa shape index (κ3) is 5.22. The van der Waals surface area contributed by atoms with Crippen molar-refractivity contribution in [2.45, 2.75) is 31.3 Å². The Bertz CT molecular complexity index is 665. The third-order valence-electron chi connectivity index (χ3n) is 4.42. The number of benzene rings is 1. The predicted molar refractivity (Wildman–Crippen MR) is 100 cm³/mol. The molecule has 0 unspecified atom stereocenters. The molecule has 2 atom stereocenters. The van der Waals surface area contributed by atoms with Gasteiger partial charge in [-0.05, 0) is 44.1 Å². The second-order valence-electron chi connectivity index (χ2n) is 6.29. The maximum absolute atomic E-state index is 12.5. The first-order chi connectivity index (χ1) is 12.5. The number of likely N-dealkylation sites (N-methyl/N-ethyl adjacent to an activating group) is 1. The van der Waals surface area contributed by atoms with Crippen molar-refractivity contribution in [1.82, 2.24) is 10.2 Å². The minimum Gasteiger partial charge on any atom is -0.488 e. The molecule has 1 heterocycles. The molecule has 0 radical (unpaired) electrons. The van der Waals surface area contributed by atoms with Gasteiger partial charge in [0.15, 0.2) is 0 Å². The number of esters is 1. The molecular formula is C19H25ClN2O4. The Hall–Kier alpha value is -2.05. The van der Waals surface area contributed by atoms with Gasteiger partial charge in [0.1, 0.15) is 18.4 Å². The van der Waals surface area contributed by atoms with Crippen molar-refractivity contribution in [3.8, 4) is 5.75 Å². The highest BCUT2D eigenvalue weighted by Gasteiger charge is 2.31. The zero-order valence-corrected chi connectivity index (χ0v) is 15.9. The van der Waals surface area contributed by atoms with Crippen molar-refractivity contribution in [3.63, 3.8) is 0 Å². The monoisotopic (exact) mass is 380 g/mol. The fourth-order valence-corrected chi connectivity index (χ4v) is 3.28. The van der Waals surface area contributed by atoms with Crippen molar-refractivity contribution in [3.05, 3.63) is 41.4 Å². The van der Waals surface area contributed by atoms with Gasteiger partial charge >= 0.3 is 5.97 Å². The molecular weight excluding hydrogens is 356 g/mol.